The van der Waals surface area contributed by atoms with Gasteiger partial charge in [-0.1, -0.05) is 38.3 Å². The molecule has 0 unspecified atom stereocenters. The number of nitrogens with zero attached hydrogens (tertiary/aromatic N) is 2. The van der Waals surface area contributed by atoms with Crippen molar-refractivity contribution in [3.05, 3.63) is 86.4 Å². The Kier molecular flexibility index (Phi) is 7.51. The van der Waals surface area contributed by atoms with E-state index >= 15 is 0 Å². The third kappa shape index (κ3) is 4.94. The molecule has 7 heteroatoms. The van der Waals surface area contributed by atoms with E-state index in [0.29, 0.717) is 22.8 Å². The minimum Gasteiger partial charge on any atom is -0.497 e. The van der Waals surface area contributed by atoms with E-state index in [2.05, 4.69) is 18.9 Å². The molecule has 0 aliphatic carbocycles. The van der Waals surface area contributed by atoms with Gasteiger partial charge in [0.25, 0.3) is 11.5 Å². The third-order valence-electron chi connectivity index (χ3n) is 6.61. The van der Waals surface area contributed by atoms with E-state index in [4.69, 9.17) is 16.3 Å². The zero-order valence-corrected chi connectivity index (χ0v) is 21.5. The summed E-state index contributed by atoms with van der Waals surface area (Å²) in [6, 6.07) is 14.5. The second kappa shape index (κ2) is 10.6. The van der Waals surface area contributed by atoms with Crippen molar-refractivity contribution in [3.63, 3.8) is 0 Å². The monoisotopic (exact) mass is 493 g/mol. The van der Waals surface area contributed by atoms with Gasteiger partial charge in [-0.15, -0.1) is 0 Å². The molecule has 0 aliphatic heterocycles. The molecule has 0 saturated carbocycles. The summed E-state index contributed by atoms with van der Waals surface area (Å²) in [5, 5.41) is 4.87. The Balaban J connectivity index is 1.80. The third-order valence-corrected chi connectivity index (χ3v) is 6.86. The molecule has 0 bridgehead atoms. The molecule has 0 amide bonds. The van der Waals surface area contributed by atoms with E-state index in [1.807, 2.05) is 25.1 Å². The van der Waals surface area contributed by atoms with E-state index in [1.165, 1.54) is 0 Å². The van der Waals surface area contributed by atoms with Crippen LogP contribution < -0.4 is 10.3 Å². The second-order valence-electron chi connectivity index (χ2n) is 8.99. The van der Waals surface area contributed by atoms with Gasteiger partial charge in [-0.3, -0.25) is 19.3 Å². The number of carbonyl (C=O) groups is 1. The van der Waals surface area contributed by atoms with Crippen LogP contribution in [-0.4, -0.2) is 27.4 Å². The number of rotatable bonds is 9. The van der Waals surface area contributed by atoms with Gasteiger partial charge in [0, 0.05) is 39.8 Å². The van der Waals surface area contributed by atoms with Crippen LogP contribution in [0.25, 0.3) is 10.9 Å². The molecule has 0 saturated heterocycles. The van der Waals surface area contributed by atoms with E-state index < -0.39 is 0 Å². The van der Waals surface area contributed by atoms with Crippen LogP contribution >= 0.6 is 11.6 Å². The maximum Gasteiger partial charge on any atom is 0.266 e. The van der Waals surface area contributed by atoms with E-state index in [0.717, 1.165) is 53.5 Å². The van der Waals surface area contributed by atoms with Gasteiger partial charge < -0.3 is 4.74 Å². The molecule has 0 aliphatic rings. The average Bonchev–Trinajstić information content (AvgIpc) is 3.35. The number of aromatic nitrogens is 3. The number of aromatic amines is 1. The smallest absolute Gasteiger partial charge is 0.266 e. The minimum absolute atomic E-state index is 0.0110. The highest BCUT2D eigenvalue weighted by atomic mass is 35.5. The lowest BCUT2D eigenvalue weighted by molar-refractivity contribution is 0.0963. The molecule has 184 valence electrons. The Morgan fingerprint density at radius 1 is 1.06 bits per heavy atom. The fraction of sp³-hybridized carbons (Fsp3) is 0.357. The van der Waals surface area contributed by atoms with Crippen molar-refractivity contribution < 1.29 is 9.53 Å². The van der Waals surface area contributed by atoms with Crippen molar-refractivity contribution in [1.82, 2.24) is 14.3 Å². The summed E-state index contributed by atoms with van der Waals surface area (Å²) in [4.78, 5) is 26.4. The highest BCUT2D eigenvalue weighted by molar-refractivity contribution is 6.30. The van der Waals surface area contributed by atoms with Crippen LogP contribution in [0, 0.1) is 6.92 Å². The first-order valence-corrected chi connectivity index (χ1v) is 12.5. The molecule has 2 heterocycles. The number of nitrogens with one attached hydrogen (secondary N) is 1. The van der Waals surface area contributed by atoms with Crippen LogP contribution in [0.5, 0.6) is 5.75 Å². The van der Waals surface area contributed by atoms with Crippen LogP contribution in [0.2, 0.25) is 5.02 Å². The molecule has 6 nitrogen and oxygen atoms in total. The molecule has 4 aromatic rings. The predicted molar refractivity (Wildman–Crippen MR) is 141 cm³/mol. The normalized spacial score (nSPS) is 11.5. The standard InChI is InChI=1S/C28H32ClN3O3/c1-5-7-22(8-6-2)32-27(33)16-21(30-32)15-24-18(3)31(26-14-13-23(35-4)17-25(24)26)28(34)19-9-11-20(29)12-10-19/h9-14,16-17,22,30H,5-8,15H2,1-4H3. The SMILES string of the molecule is CCCC(CCC)n1[nH]c(Cc2c(C)n(C(=O)c3ccc(Cl)cc3)c3ccc(OC)cc23)cc1=O. The van der Waals surface area contributed by atoms with Crippen LogP contribution in [-0.2, 0) is 6.42 Å². The Hall–Kier alpha value is -3.25. The summed E-state index contributed by atoms with van der Waals surface area (Å²) >= 11 is 6.03. The van der Waals surface area contributed by atoms with Gasteiger partial charge in [0.05, 0.1) is 18.7 Å². The number of benzene rings is 2. The van der Waals surface area contributed by atoms with Crippen LogP contribution in [0.4, 0.5) is 0 Å². The summed E-state index contributed by atoms with van der Waals surface area (Å²) in [6.07, 6.45) is 4.45. The highest BCUT2D eigenvalue weighted by Crippen LogP contribution is 2.32. The van der Waals surface area contributed by atoms with Gasteiger partial charge in [-0.05, 0) is 67.8 Å². The Morgan fingerprint density at radius 2 is 1.74 bits per heavy atom. The van der Waals surface area contributed by atoms with Crippen LogP contribution in [0.1, 0.15) is 72.9 Å². The number of fused-ring (bicyclic) bond motifs is 1. The van der Waals surface area contributed by atoms with E-state index in [-0.39, 0.29) is 17.5 Å². The number of hydrogen-bond donors (Lipinski definition) is 1. The zero-order valence-electron chi connectivity index (χ0n) is 20.7. The second-order valence-corrected chi connectivity index (χ2v) is 9.43. The van der Waals surface area contributed by atoms with Gasteiger partial charge in [0.15, 0.2) is 0 Å². The maximum absolute atomic E-state index is 13.5. The Morgan fingerprint density at radius 3 is 2.37 bits per heavy atom. The fourth-order valence-corrected chi connectivity index (χ4v) is 5.00. The summed E-state index contributed by atoms with van der Waals surface area (Å²) in [5.74, 6) is 0.587. The van der Waals surface area contributed by atoms with Crippen molar-refractivity contribution in [1.29, 1.82) is 0 Å². The topological polar surface area (TPSA) is 69.0 Å². The van der Waals surface area contributed by atoms with Gasteiger partial charge >= 0.3 is 0 Å². The first-order chi connectivity index (χ1) is 16.9. The summed E-state index contributed by atoms with van der Waals surface area (Å²) in [7, 11) is 1.63. The largest absolute Gasteiger partial charge is 0.497 e. The molecule has 4 rings (SSSR count). The molecule has 2 aromatic heterocycles. The molecule has 0 fully saturated rings. The van der Waals surface area contributed by atoms with Gasteiger partial charge in [0.1, 0.15) is 5.75 Å². The lowest BCUT2D eigenvalue weighted by atomic mass is 10.1. The minimum atomic E-state index is -0.127. The quantitative estimate of drug-likeness (QED) is 0.288. The molecular weight excluding hydrogens is 462 g/mol. The molecule has 35 heavy (non-hydrogen) atoms. The van der Waals surface area contributed by atoms with Crippen molar-refractivity contribution in [2.75, 3.05) is 7.11 Å². The molecule has 0 atom stereocenters. The van der Waals surface area contributed by atoms with Gasteiger partial charge in [-0.25, -0.2) is 4.68 Å². The Bertz CT molecular complexity index is 1390. The number of halogens is 1. The van der Waals surface area contributed by atoms with Gasteiger partial charge in [0.2, 0.25) is 0 Å². The predicted octanol–water partition coefficient (Wildman–Crippen LogP) is 6.52. The summed E-state index contributed by atoms with van der Waals surface area (Å²) < 4.78 is 8.98. The number of H-pyrrole nitrogens is 1. The number of hydrogen-bond acceptors (Lipinski definition) is 3. The van der Waals surface area contributed by atoms with E-state index in [1.54, 1.807) is 46.7 Å². The summed E-state index contributed by atoms with van der Waals surface area (Å²) in [6.45, 7) is 6.23. The molecule has 2 aromatic carbocycles. The number of ether oxygens (including phenoxy) is 1. The van der Waals surface area contributed by atoms with Crippen molar-refractivity contribution >= 4 is 28.4 Å². The molecule has 1 N–H and O–H groups in total. The number of methoxy groups -OCH3 is 1. The first-order valence-electron chi connectivity index (χ1n) is 12.2. The average molecular weight is 494 g/mol. The van der Waals surface area contributed by atoms with Crippen molar-refractivity contribution in [3.8, 4) is 5.75 Å². The van der Waals surface area contributed by atoms with Crippen molar-refractivity contribution in [2.45, 2.75) is 58.9 Å². The first kappa shape index (κ1) is 24.9. The summed E-state index contributed by atoms with van der Waals surface area (Å²) in [5.41, 5.74) is 3.99. The lowest BCUT2D eigenvalue weighted by Crippen LogP contribution is -2.22. The highest BCUT2D eigenvalue weighted by Gasteiger charge is 2.22. The fourth-order valence-electron chi connectivity index (χ4n) is 4.88. The molecule has 0 radical (unpaired) electrons. The molecular formula is C28H32ClN3O3. The number of carbonyl (C=O) groups excluding carboxylic acids is 1. The van der Waals surface area contributed by atoms with Crippen LogP contribution in [0.3, 0.4) is 0 Å². The molecule has 0 spiro atoms. The van der Waals surface area contributed by atoms with Crippen molar-refractivity contribution in [2.24, 2.45) is 0 Å². The van der Waals surface area contributed by atoms with Gasteiger partial charge in [-0.2, -0.15) is 0 Å². The van der Waals surface area contributed by atoms with Crippen LogP contribution in [0.15, 0.2) is 53.3 Å². The lowest BCUT2D eigenvalue weighted by Gasteiger charge is -2.16. The Labute approximate surface area is 210 Å². The van der Waals surface area contributed by atoms with E-state index in [9.17, 15) is 9.59 Å². The maximum atomic E-state index is 13.5. The zero-order chi connectivity index (χ0) is 25.1.